The van der Waals surface area contributed by atoms with Crippen LogP contribution in [0, 0.1) is 11.2 Å². The summed E-state index contributed by atoms with van der Waals surface area (Å²) in [6, 6.07) is 7.67. The predicted molar refractivity (Wildman–Crippen MR) is 135 cm³/mol. The summed E-state index contributed by atoms with van der Waals surface area (Å²) in [6.07, 6.45) is 3.81. The molecule has 1 aromatic heterocycles. The number of aromatic nitrogens is 1. The van der Waals surface area contributed by atoms with Gasteiger partial charge in [-0.25, -0.2) is 9.37 Å². The number of pyridine rings is 1. The molecule has 4 atom stereocenters. The maximum atomic E-state index is 13.3. The monoisotopic (exact) mass is 499 g/mol. The second kappa shape index (κ2) is 10.8. The normalized spacial score (nSPS) is 23.1. The zero-order chi connectivity index (χ0) is 25.9. The second-order valence-electron chi connectivity index (χ2n) is 11.4. The SMILES string of the molecule is CC(=O)N[C@@H](Cc1ccc(F)cc1)[C@H](O)CN[C@H]1C[C@@]2(CCOC2)Oc2ncc(CC(C)(C)C)cc21. The van der Waals surface area contributed by atoms with E-state index < -0.39 is 17.7 Å². The van der Waals surface area contributed by atoms with Gasteiger partial charge in [-0.2, -0.15) is 0 Å². The van der Waals surface area contributed by atoms with Crippen LogP contribution >= 0.6 is 0 Å². The molecule has 0 saturated carbocycles. The summed E-state index contributed by atoms with van der Waals surface area (Å²) in [5, 5.41) is 17.5. The summed E-state index contributed by atoms with van der Waals surface area (Å²) in [4.78, 5) is 16.5. The number of nitrogens with one attached hydrogen (secondary N) is 2. The number of hydrogen-bond donors (Lipinski definition) is 3. The van der Waals surface area contributed by atoms with Crippen molar-refractivity contribution in [1.82, 2.24) is 15.6 Å². The first-order valence-electron chi connectivity index (χ1n) is 12.7. The van der Waals surface area contributed by atoms with Crippen LogP contribution in [-0.2, 0) is 22.4 Å². The van der Waals surface area contributed by atoms with Crippen LogP contribution in [-0.4, -0.2) is 53.5 Å². The number of rotatable bonds is 8. The molecule has 1 aromatic carbocycles. The minimum Gasteiger partial charge on any atom is -0.468 e. The lowest BCUT2D eigenvalue weighted by molar-refractivity contribution is -0.120. The van der Waals surface area contributed by atoms with E-state index in [1.54, 1.807) is 12.1 Å². The predicted octanol–water partition coefficient (Wildman–Crippen LogP) is 3.49. The minimum absolute atomic E-state index is 0.0821. The number of benzene rings is 1. The Kier molecular flexibility index (Phi) is 7.97. The number of ether oxygens (including phenoxy) is 2. The zero-order valence-corrected chi connectivity index (χ0v) is 21.6. The molecule has 36 heavy (non-hydrogen) atoms. The minimum atomic E-state index is -0.855. The fourth-order valence-electron chi connectivity index (χ4n) is 5.12. The second-order valence-corrected chi connectivity index (χ2v) is 11.4. The van der Waals surface area contributed by atoms with Crippen molar-refractivity contribution in [3.05, 3.63) is 59.0 Å². The van der Waals surface area contributed by atoms with Gasteiger partial charge in [-0.05, 0) is 47.6 Å². The lowest BCUT2D eigenvalue weighted by Gasteiger charge is -2.39. The van der Waals surface area contributed by atoms with E-state index in [4.69, 9.17) is 9.47 Å². The third-order valence-corrected chi connectivity index (χ3v) is 6.80. The van der Waals surface area contributed by atoms with E-state index >= 15 is 0 Å². The maximum absolute atomic E-state index is 13.3. The number of hydrogen-bond acceptors (Lipinski definition) is 6. The van der Waals surface area contributed by atoms with Crippen molar-refractivity contribution in [2.24, 2.45) is 5.41 Å². The van der Waals surface area contributed by atoms with Gasteiger partial charge in [0.1, 0.15) is 11.4 Å². The molecule has 2 aliphatic rings. The van der Waals surface area contributed by atoms with Crippen LogP contribution in [0.5, 0.6) is 5.88 Å². The maximum Gasteiger partial charge on any atom is 0.218 e. The van der Waals surface area contributed by atoms with Gasteiger partial charge in [0.2, 0.25) is 11.8 Å². The van der Waals surface area contributed by atoms with Gasteiger partial charge in [0, 0.05) is 44.1 Å². The zero-order valence-electron chi connectivity index (χ0n) is 21.6. The van der Waals surface area contributed by atoms with Crippen LogP contribution < -0.4 is 15.4 Å². The van der Waals surface area contributed by atoms with Crippen molar-refractivity contribution in [2.75, 3.05) is 19.8 Å². The molecule has 1 saturated heterocycles. The number of halogens is 1. The van der Waals surface area contributed by atoms with Crippen molar-refractivity contribution >= 4 is 5.91 Å². The third-order valence-electron chi connectivity index (χ3n) is 6.80. The molecule has 196 valence electrons. The van der Waals surface area contributed by atoms with Gasteiger partial charge in [0.05, 0.1) is 25.4 Å². The van der Waals surface area contributed by atoms with Crippen LogP contribution in [0.2, 0.25) is 0 Å². The Balaban J connectivity index is 1.51. The van der Waals surface area contributed by atoms with Crippen molar-refractivity contribution in [1.29, 1.82) is 0 Å². The highest BCUT2D eigenvalue weighted by molar-refractivity contribution is 5.73. The number of amides is 1. The lowest BCUT2D eigenvalue weighted by atomic mass is 9.85. The van der Waals surface area contributed by atoms with Crippen molar-refractivity contribution in [3.8, 4) is 5.88 Å². The van der Waals surface area contributed by atoms with Gasteiger partial charge < -0.3 is 25.2 Å². The first-order chi connectivity index (χ1) is 17.0. The Bertz CT molecular complexity index is 1050. The molecule has 4 rings (SSSR count). The van der Waals surface area contributed by atoms with Gasteiger partial charge >= 0.3 is 0 Å². The Morgan fingerprint density at radius 1 is 1.28 bits per heavy atom. The van der Waals surface area contributed by atoms with Crippen LogP contribution in [0.3, 0.4) is 0 Å². The number of carbonyl (C=O) groups is 1. The number of carbonyl (C=O) groups excluding carboxylic acids is 1. The van der Waals surface area contributed by atoms with E-state index in [0.29, 0.717) is 31.9 Å². The van der Waals surface area contributed by atoms with Crippen molar-refractivity contribution in [3.63, 3.8) is 0 Å². The first kappa shape index (κ1) is 26.5. The van der Waals surface area contributed by atoms with E-state index in [-0.39, 0.29) is 29.7 Å². The molecule has 3 N–H and O–H groups in total. The Morgan fingerprint density at radius 3 is 2.67 bits per heavy atom. The number of aliphatic hydroxyl groups excluding tert-OH is 1. The number of aliphatic hydroxyl groups is 1. The molecule has 2 aliphatic heterocycles. The average molecular weight is 500 g/mol. The quantitative estimate of drug-likeness (QED) is 0.515. The van der Waals surface area contributed by atoms with Crippen LogP contribution in [0.4, 0.5) is 4.39 Å². The van der Waals surface area contributed by atoms with Gasteiger partial charge in [-0.15, -0.1) is 0 Å². The van der Waals surface area contributed by atoms with Gasteiger partial charge in [0.15, 0.2) is 0 Å². The highest BCUT2D eigenvalue weighted by atomic mass is 19.1. The molecule has 2 aromatic rings. The number of fused-ring (bicyclic) bond motifs is 1. The van der Waals surface area contributed by atoms with E-state index in [2.05, 4.69) is 42.5 Å². The number of nitrogens with zero attached hydrogens (tertiary/aromatic N) is 1. The Labute approximate surface area is 212 Å². The van der Waals surface area contributed by atoms with Crippen LogP contribution in [0.15, 0.2) is 36.5 Å². The van der Waals surface area contributed by atoms with E-state index in [0.717, 1.165) is 29.5 Å². The molecule has 0 bridgehead atoms. The molecule has 7 nitrogen and oxygen atoms in total. The topological polar surface area (TPSA) is 92.7 Å². The Morgan fingerprint density at radius 2 is 2.03 bits per heavy atom. The standard InChI is InChI=1S/C28H38FN3O4/c1-18(33)32-23(12-19-5-7-21(29)8-6-19)25(34)16-30-24-14-28(9-10-35-17-28)36-26-22(24)11-20(15-31-26)13-27(2,3)4/h5-8,11,15,23-25,30,34H,9-10,12-14,16-17H2,1-4H3,(H,32,33)/t23-,24-,25+,28+/m0/s1. The molecule has 0 radical (unpaired) electrons. The largest absolute Gasteiger partial charge is 0.468 e. The average Bonchev–Trinajstić information content (AvgIpc) is 3.24. The van der Waals surface area contributed by atoms with Gasteiger partial charge in [-0.1, -0.05) is 32.9 Å². The molecule has 0 aliphatic carbocycles. The van der Waals surface area contributed by atoms with Gasteiger partial charge in [0.25, 0.3) is 0 Å². The molecule has 0 unspecified atom stereocenters. The summed E-state index contributed by atoms with van der Waals surface area (Å²) in [6.45, 7) is 9.44. The summed E-state index contributed by atoms with van der Waals surface area (Å²) in [5.41, 5.74) is 2.65. The fourth-order valence-corrected chi connectivity index (χ4v) is 5.12. The summed E-state index contributed by atoms with van der Waals surface area (Å²) >= 11 is 0. The highest BCUT2D eigenvalue weighted by Crippen LogP contribution is 2.42. The van der Waals surface area contributed by atoms with Crippen LogP contribution in [0.25, 0.3) is 0 Å². The van der Waals surface area contributed by atoms with E-state index in [1.165, 1.54) is 19.1 Å². The first-order valence-corrected chi connectivity index (χ1v) is 12.7. The van der Waals surface area contributed by atoms with Crippen molar-refractivity contribution in [2.45, 2.75) is 77.2 Å². The highest BCUT2D eigenvalue weighted by Gasteiger charge is 2.45. The Hall–Kier alpha value is -2.55. The van der Waals surface area contributed by atoms with Crippen molar-refractivity contribution < 1.29 is 23.8 Å². The van der Waals surface area contributed by atoms with E-state index in [1.807, 2.05) is 6.20 Å². The van der Waals surface area contributed by atoms with Crippen LogP contribution in [0.1, 0.15) is 63.3 Å². The van der Waals surface area contributed by atoms with E-state index in [9.17, 15) is 14.3 Å². The molecular weight excluding hydrogens is 461 g/mol. The van der Waals surface area contributed by atoms with Gasteiger partial charge in [-0.3, -0.25) is 4.79 Å². The summed E-state index contributed by atoms with van der Waals surface area (Å²) in [5.74, 6) is 0.0660. The molecule has 1 fully saturated rings. The molecule has 8 heteroatoms. The third kappa shape index (κ3) is 6.81. The molecule has 3 heterocycles. The molecular formula is C28H38FN3O4. The molecule has 1 amide bonds. The summed E-state index contributed by atoms with van der Waals surface area (Å²) < 4.78 is 25.4. The summed E-state index contributed by atoms with van der Waals surface area (Å²) in [7, 11) is 0. The molecule has 1 spiro atoms. The lowest BCUT2D eigenvalue weighted by Crippen LogP contribution is -2.50. The fraction of sp³-hybridized carbons (Fsp3) is 0.571. The smallest absolute Gasteiger partial charge is 0.218 e.